The molecule has 24 heavy (non-hydrogen) atoms. The highest BCUT2D eigenvalue weighted by Gasteiger charge is 2.25. The number of piperidine rings is 1. The number of amides is 2. The Hall–Kier alpha value is -2.48. The van der Waals surface area contributed by atoms with Crippen molar-refractivity contribution >= 4 is 11.7 Å². The first kappa shape index (κ1) is 16.4. The molecule has 1 aromatic heterocycles. The van der Waals surface area contributed by atoms with Crippen molar-refractivity contribution in [2.45, 2.75) is 18.9 Å². The fraction of sp³-hybridized carbons (Fsp3) is 0.438. The van der Waals surface area contributed by atoms with Crippen molar-refractivity contribution < 1.29 is 9.18 Å². The van der Waals surface area contributed by atoms with E-state index in [1.807, 2.05) is 14.1 Å². The molecule has 3 rings (SSSR count). The summed E-state index contributed by atoms with van der Waals surface area (Å²) in [4.78, 5) is 16.3. The fourth-order valence-electron chi connectivity index (χ4n) is 2.86. The maximum Gasteiger partial charge on any atom is 0.321 e. The number of nitrogens with one attached hydrogen (secondary N) is 1. The number of hydrogen-bond acceptors (Lipinski definition) is 4. The lowest BCUT2D eigenvalue weighted by molar-refractivity contribution is 0.148. The number of anilines is 1. The van der Waals surface area contributed by atoms with Crippen molar-refractivity contribution in [3.8, 4) is 5.69 Å². The second-order valence-corrected chi connectivity index (χ2v) is 6.17. The smallest absolute Gasteiger partial charge is 0.321 e. The van der Waals surface area contributed by atoms with Crippen molar-refractivity contribution in [1.82, 2.24) is 24.6 Å². The Kier molecular flexibility index (Phi) is 4.75. The minimum absolute atomic E-state index is 0.151. The standard InChI is InChI=1S/C16H21FN6O/c1-21(2)13-4-3-7-22(9-13)16(24)20-15-8-12(5-6-14(15)17)23-10-18-19-11-23/h5-6,8,10-11,13H,3-4,7,9H2,1-2H3,(H,20,24)/t13-/m0/s1. The van der Waals surface area contributed by atoms with Gasteiger partial charge in [0.05, 0.1) is 11.4 Å². The Balaban J connectivity index is 1.73. The van der Waals surface area contributed by atoms with Crippen LogP contribution >= 0.6 is 0 Å². The average molecular weight is 332 g/mol. The van der Waals surface area contributed by atoms with Gasteiger partial charge in [0, 0.05) is 19.1 Å². The normalized spacial score (nSPS) is 18.0. The summed E-state index contributed by atoms with van der Waals surface area (Å²) >= 11 is 0. The monoisotopic (exact) mass is 332 g/mol. The predicted molar refractivity (Wildman–Crippen MR) is 88.6 cm³/mol. The van der Waals surface area contributed by atoms with Crippen molar-refractivity contribution in [1.29, 1.82) is 0 Å². The van der Waals surface area contributed by atoms with Gasteiger partial charge in [-0.25, -0.2) is 9.18 Å². The van der Waals surface area contributed by atoms with E-state index in [9.17, 15) is 9.18 Å². The largest absolute Gasteiger partial charge is 0.323 e. The molecule has 2 amide bonds. The molecule has 0 radical (unpaired) electrons. The number of benzene rings is 1. The van der Waals surface area contributed by atoms with Crippen molar-refractivity contribution in [2.24, 2.45) is 0 Å². The number of likely N-dealkylation sites (N-methyl/N-ethyl adjacent to an activating group) is 1. The number of nitrogens with zero attached hydrogens (tertiary/aromatic N) is 5. The molecule has 0 aliphatic carbocycles. The second kappa shape index (κ2) is 6.96. The van der Waals surface area contributed by atoms with Crippen LogP contribution < -0.4 is 5.32 Å². The molecular weight excluding hydrogens is 311 g/mol. The van der Waals surface area contributed by atoms with Crippen LogP contribution in [0.2, 0.25) is 0 Å². The van der Waals surface area contributed by atoms with E-state index in [1.165, 1.54) is 18.7 Å². The third-order valence-electron chi connectivity index (χ3n) is 4.32. The van der Waals surface area contributed by atoms with E-state index >= 15 is 0 Å². The van der Waals surface area contributed by atoms with Crippen LogP contribution in [0.5, 0.6) is 0 Å². The van der Waals surface area contributed by atoms with Crippen LogP contribution in [0.3, 0.4) is 0 Å². The van der Waals surface area contributed by atoms with Gasteiger partial charge < -0.3 is 15.1 Å². The number of halogens is 1. The van der Waals surface area contributed by atoms with Crippen LogP contribution in [0.25, 0.3) is 5.69 Å². The Labute approximate surface area is 140 Å². The van der Waals surface area contributed by atoms with Gasteiger partial charge in [0.2, 0.25) is 0 Å². The molecule has 0 unspecified atom stereocenters. The van der Waals surface area contributed by atoms with E-state index in [0.717, 1.165) is 12.8 Å². The minimum atomic E-state index is -0.471. The number of likely N-dealkylation sites (tertiary alicyclic amines) is 1. The first-order valence-electron chi connectivity index (χ1n) is 7.91. The summed E-state index contributed by atoms with van der Waals surface area (Å²) in [5.41, 5.74) is 0.833. The maximum absolute atomic E-state index is 14.1. The highest BCUT2D eigenvalue weighted by Crippen LogP contribution is 2.20. The molecule has 1 N–H and O–H groups in total. The predicted octanol–water partition coefficient (Wildman–Crippen LogP) is 1.96. The van der Waals surface area contributed by atoms with Crippen LogP contribution in [-0.4, -0.2) is 63.8 Å². The lowest BCUT2D eigenvalue weighted by Gasteiger charge is -2.36. The number of aromatic nitrogens is 3. The molecule has 2 aromatic rings. The Bertz CT molecular complexity index is 703. The van der Waals surface area contributed by atoms with Gasteiger partial charge in [-0.15, -0.1) is 10.2 Å². The average Bonchev–Trinajstić information content (AvgIpc) is 3.11. The molecule has 1 fully saturated rings. The van der Waals surface area contributed by atoms with E-state index < -0.39 is 5.82 Å². The van der Waals surface area contributed by atoms with Crippen LogP contribution in [-0.2, 0) is 0 Å². The molecule has 1 aromatic carbocycles. The van der Waals surface area contributed by atoms with E-state index in [2.05, 4.69) is 20.4 Å². The molecule has 1 atom stereocenters. The quantitative estimate of drug-likeness (QED) is 0.933. The molecular formula is C16H21FN6O. The van der Waals surface area contributed by atoms with Crippen molar-refractivity contribution in [2.75, 3.05) is 32.5 Å². The molecule has 1 aliphatic heterocycles. The fourth-order valence-corrected chi connectivity index (χ4v) is 2.86. The zero-order valence-electron chi connectivity index (χ0n) is 13.8. The SMILES string of the molecule is CN(C)[C@H]1CCCN(C(=O)Nc2cc(-n3cnnc3)ccc2F)C1. The first-order chi connectivity index (χ1) is 11.5. The summed E-state index contributed by atoms with van der Waals surface area (Å²) < 4.78 is 15.7. The molecule has 0 bridgehead atoms. The summed E-state index contributed by atoms with van der Waals surface area (Å²) in [6, 6.07) is 4.56. The Morgan fingerprint density at radius 3 is 2.79 bits per heavy atom. The molecule has 7 nitrogen and oxygen atoms in total. The third kappa shape index (κ3) is 3.53. The molecule has 8 heteroatoms. The first-order valence-corrected chi connectivity index (χ1v) is 7.91. The van der Waals surface area contributed by atoms with E-state index in [-0.39, 0.29) is 11.7 Å². The van der Waals surface area contributed by atoms with Crippen LogP contribution in [0, 0.1) is 5.82 Å². The van der Waals surface area contributed by atoms with Gasteiger partial charge >= 0.3 is 6.03 Å². The van der Waals surface area contributed by atoms with E-state index in [4.69, 9.17) is 0 Å². The van der Waals surface area contributed by atoms with Gasteiger partial charge in [0.25, 0.3) is 0 Å². The van der Waals surface area contributed by atoms with E-state index in [0.29, 0.717) is 24.8 Å². The molecule has 0 spiro atoms. The molecule has 128 valence electrons. The van der Waals surface area contributed by atoms with Gasteiger partial charge in [-0.3, -0.25) is 4.57 Å². The van der Waals surface area contributed by atoms with Crippen LogP contribution in [0.4, 0.5) is 14.9 Å². The van der Waals surface area contributed by atoms with Gasteiger partial charge in [0.15, 0.2) is 0 Å². The second-order valence-electron chi connectivity index (χ2n) is 6.17. The third-order valence-corrected chi connectivity index (χ3v) is 4.32. The Morgan fingerprint density at radius 2 is 2.08 bits per heavy atom. The van der Waals surface area contributed by atoms with Crippen LogP contribution in [0.15, 0.2) is 30.9 Å². The maximum atomic E-state index is 14.1. The summed E-state index contributed by atoms with van der Waals surface area (Å²) in [6.45, 7) is 1.33. The lowest BCUT2D eigenvalue weighted by Crippen LogP contribution is -2.48. The number of carbonyl (C=O) groups is 1. The summed E-state index contributed by atoms with van der Waals surface area (Å²) in [6.07, 6.45) is 5.05. The van der Waals surface area contributed by atoms with Gasteiger partial charge in [0.1, 0.15) is 18.5 Å². The summed E-state index contributed by atoms with van der Waals surface area (Å²) in [5, 5.41) is 10.1. The van der Waals surface area contributed by atoms with Gasteiger partial charge in [-0.2, -0.15) is 0 Å². The van der Waals surface area contributed by atoms with Gasteiger partial charge in [-0.05, 0) is 45.1 Å². The summed E-state index contributed by atoms with van der Waals surface area (Å²) in [7, 11) is 4.02. The summed E-state index contributed by atoms with van der Waals surface area (Å²) in [5.74, 6) is -0.471. The number of urea groups is 1. The zero-order valence-corrected chi connectivity index (χ0v) is 13.8. The minimum Gasteiger partial charge on any atom is -0.323 e. The number of hydrogen-bond donors (Lipinski definition) is 1. The van der Waals surface area contributed by atoms with E-state index in [1.54, 1.807) is 21.6 Å². The Morgan fingerprint density at radius 1 is 1.33 bits per heavy atom. The highest BCUT2D eigenvalue weighted by molar-refractivity contribution is 5.89. The molecule has 1 saturated heterocycles. The zero-order chi connectivity index (χ0) is 17.1. The molecule has 2 heterocycles. The topological polar surface area (TPSA) is 66.3 Å². The number of carbonyl (C=O) groups excluding carboxylic acids is 1. The van der Waals surface area contributed by atoms with Gasteiger partial charge in [-0.1, -0.05) is 0 Å². The van der Waals surface area contributed by atoms with Crippen LogP contribution in [0.1, 0.15) is 12.8 Å². The molecule has 1 aliphatic rings. The lowest BCUT2D eigenvalue weighted by atomic mass is 10.1. The molecule has 0 saturated carbocycles. The number of rotatable bonds is 3. The van der Waals surface area contributed by atoms with Crippen molar-refractivity contribution in [3.05, 3.63) is 36.7 Å². The van der Waals surface area contributed by atoms with Crippen molar-refractivity contribution in [3.63, 3.8) is 0 Å². The highest BCUT2D eigenvalue weighted by atomic mass is 19.1.